The molecule has 0 bridgehead atoms. The zero-order valence-electron chi connectivity index (χ0n) is 19.3. The Kier molecular flexibility index (Phi) is 7.20. The molecule has 1 unspecified atom stereocenters. The molecule has 176 valence electrons. The van der Waals surface area contributed by atoms with E-state index in [1.807, 2.05) is 42.5 Å². The van der Waals surface area contributed by atoms with Crippen molar-refractivity contribution >= 4 is 34.9 Å². The summed E-state index contributed by atoms with van der Waals surface area (Å²) >= 11 is 5.91. The number of benzene rings is 3. The first kappa shape index (κ1) is 23.8. The second kappa shape index (κ2) is 10.3. The van der Waals surface area contributed by atoms with Gasteiger partial charge in [-0.1, -0.05) is 54.1 Å². The lowest BCUT2D eigenvalue weighted by atomic mass is 9.95. The van der Waals surface area contributed by atoms with E-state index < -0.39 is 12.1 Å². The molecule has 0 heterocycles. The molecule has 4 rings (SSSR count). The number of carbonyl (C=O) groups is 2. The lowest BCUT2D eigenvalue weighted by molar-refractivity contribution is -0.118. The molecule has 0 aromatic heterocycles. The number of likely N-dealkylation sites (N-methyl/N-ethyl adjacent to an activating group) is 1. The van der Waals surface area contributed by atoms with Crippen molar-refractivity contribution in [1.82, 2.24) is 10.2 Å². The quantitative estimate of drug-likeness (QED) is 0.405. The van der Waals surface area contributed by atoms with E-state index >= 15 is 0 Å². The Morgan fingerprint density at radius 3 is 2.06 bits per heavy atom. The number of nitrogens with zero attached hydrogens (tertiary/aromatic N) is 1. The molecule has 1 saturated carbocycles. The Morgan fingerprint density at radius 2 is 1.47 bits per heavy atom. The number of rotatable bonds is 8. The smallest absolute Gasteiger partial charge is 0.320 e. The van der Waals surface area contributed by atoms with Gasteiger partial charge in [-0.2, -0.15) is 0 Å². The van der Waals surface area contributed by atoms with Gasteiger partial charge in [0.05, 0.1) is 0 Å². The van der Waals surface area contributed by atoms with E-state index in [1.54, 1.807) is 24.3 Å². The standard InChI is InChI=1S/C27H29ClN4O2/c1-32(2)18-27(16-17-27)20-8-12-22(13-9-20)29-25(33)24(19-6-4-3-5-7-19)31-26(34)30-23-14-10-21(28)11-15-23/h3-15,24H,16-18H2,1-2H3,(H,29,33)(H2,30,31,34). The summed E-state index contributed by atoms with van der Waals surface area (Å²) in [5, 5.41) is 9.05. The Morgan fingerprint density at radius 1 is 0.882 bits per heavy atom. The van der Waals surface area contributed by atoms with Crippen LogP contribution < -0.4 is 16.0 Å². The van der Waals surface area contributed by atoms with Crippen LogP contribution in [0.25, 0.3) is 0 Å². The van der Waals surface area contributed by atoms with Gasteiger partial charge in [0.25, 0.3) is 5.91 Å². The number of hydrogen-bond acceptors (Lipinski definition) is 3. The van der Waals surface area contributed by atoms with Gasteiger partial charge in [0.2, 0.25) is 0 Å². The summed E-state index contributed by atoms with van der Waals surface area (Å²) in [6, 6.07) is 22.6. The predicted molar refractivity (Wildman–Crippen MR) is 137 cm³/mol. The first-order valence-electron chi connectivity index (χ1n) is 11.3. The van der Waals surface area contributed by atoms with Crippen molar-refractivity contribution in [3.8, 4) is 0 Å². The highest BCUT2D eigenvalue weighted by Crippen LogP contribution is 2.48. The first-order chi connectivity index (χ1) is 16.3. The largest absolute Gasteiger partial charge is 0.324 e. The molecule has 1 fully saturated rings. The molecule has 3 aromatic rings. The summed E-state index contributed by atoms with van der Waals surface area (Å²) < 4.78 is 0. The second-order valence-corrected chi connectivity index (χ2v) is 9.47. The van der Waals surface area contributed by atoms with Crippen LogP contribution in [-0.2, 0) is 10.2 Å². The monoisotopic (exact) mass is 476 g/mol. The van der Waals surface area contributed by atoms with Crippen LogP contribution in [0.15, 0.2) is 78.9 Å². The topological polar surface area (TPSA) is 73.5 Å². The molecule has 6 nitrogen and oxygen atoms in total. The molecule has 1 aliphatic rings. The van der Waals surface area contributed by atoms with E-state index in [0.29, 0.717) is 22.0 Å². The number of hydrogen-bond donors (Lipinski definition) is 3. The summed E-state index contributed by atoms with van der Waals surface area (Å²) in [6.45, 7) is 1.02. The molecule has 3 aromatic carbocycles. The van der Waals surface area contributed by atoms with Gasteiger partial charge in [-0.25, -0.2) is 4.79 Å². The van der Waals surface area contributed by atoms with Crippen LogP contribution in [0.3, 0.4) is 0 Å². The minimum atomic E-state index is -0.864. The highest BCUT2D eigenvalue weighted by Gasteiger charge is 2.44. The highest BCUT2D eigenvalue weighted by atomic mass is 35.5. The maximum Gasteiger partial charge on any atom is 0.320 e. The fourth-order valence-electron chi connectivity index (χ4n) is 4.19. The van der Waals surface area contributed by atoms with Crippen molar-refractivity contribution in [1.29, 1.82) is 0 Å². The minimum absolute atomic E-state index is 0.222. The number of anilines is 2. The fraction of sp³-hybridized carbons (Fsp3) is 0.259. The lowest BCUT2D eigenvalue weighted by Gasteiger charge is -2.22. The van der Waals surface area contributed by atoms with Crippen LogP contribution in [0.1, 0.15) is 30.0 Å². The third-order valence-electron chi connectivity index (χ3n) is 6.01. The van der Waals surface area contributed by atoms with Gasteiger partial charge in [-0.3, -0.25) is 4.79 Å². The van der Waals surface area contributed by atoms with Gasteiger partial charge in [0.1, 0.15) is 6.04 Å². The minimum Gasteiger partial charge on any atom is -0.324 e. The predicted octanol–water partition coefficient (Wildman–Crippen LogP) is 5.43. The Balaban J connectivity index is 1.45. The number of halogens is 1. The molecule has 34 heavy (non-hydrogen) atoms. The Labute approximate surface area is 205 Å². The average Bonchev–Trinajstić information content (AvgIpc) is 3.60. The zero-order chi connectivity index (χ0) is 24.1. The van der Waals surface area contributed by atoms with Crippen molar-refractivity contribution in [2.24, 2.45) is 0 Å². The number of amides is 3. The Bertz CT molecular complexity index is 1130. The number of carbonyl (C=O) groups excluding carboxylic acids is 2. The van der Waals surface area contributed by atoms with E-state index in [1.165, 1.54) is 18.4 Å². The molecule has 1 aliphatic carbocycles. The van der Waals surface area contributed by atoms with E-state index in [2.05, 4.69) is 47.1 Å². The molecule has 7 heteroatoms. The second-order valence-electron chi connectivity index (χ2n) is 9.03. The lowest BCUT2D eigenvalue weighted by Crippen LogP contribution is -2.39. The zero-order valence-corrected chi connectivity index (χ0v) is 20.1. The van der Waals surface area contributed by atoms with E-state index in [4.69, 9.17) is 11.6 Å². The van der Waals surface area contributed by atoms with Crippen LogP contribution >= 0.6 is 11.6 Å². The summed E-state index contributed by atoms with van der Waals surface area (Å²) in [6.07, 6.45) is 2.36. The van der Waals surface area contributed by atoms with Crippen molar-refractivity contribution < 1.29 is 9.59 Å². The van der Waals surface area contributed by atoms with Gasteiger partial charge in [-0.05, 0) is 74.5 Å². The fourth-order valence-corrected chi connectivity index (χ4v) is 4.32. The maximum absolute atomic E-state index is 13.2. The summed E-state index contributed by atoms with van der Waals surface area (Å²) in [5.74, 6) is -0.320. The molecular weight excluding hydrogens is 448 g/mol. The average molecular weight is 477 g/mol. The molecule has 3 amide bonds. The van der Waals surface area contributed by atoms with Crippen molar-refractivity contribution in [3.63, 3.8) is 0 Å². The van der Waals surface area contributed by atoms with Crippen LogP contribution in [0.5, 0.6) is 0 Å². The molecule has 0 radical (unpaired) electrons. The van der Waals surface area contributed by atoms with Gasteiger partial charge in [0.15, 0.2) is 0 Å². The molecule has 3 N–H and O–H groups in total. The van der Waals surface area contributed by atoms with Crippen molar-refractivity contribution in [3.05, 3.63) is 95.0 Å². The normalized spacial score (nSPS) is 14.8. The third-order valence-corrected chi connectivity index (χ3v) is 6.26. The molecule has 1 atom stereocenters. The first-order valence-corrected chi connectivity index (χ1v) is 11.7. The summed E-state index contributed by atoms with van der Waals surface area (Å²) in [7, 11) is 4.18. The number of urea groups is 1. The maximum atomic E-state index is 13.2. The van der Waals surface area contributed by atoms with Gasteiger partial charge in [0, 0.05) is 28.4 Å². The van der Waals surface area contributed by atoms with E-state index in [-0.39, 0.29) is 11.3 Å². The third kappa shape index (κ3) is 5.95. The molecular formula is C27H29ClN4O2. The SMILES string of the molecule is CN(C)CC1(c2ccc(NC(=O)C(NC(=O)Nc3ccc(Cl)cc3)c3ccccc3)cc2)CC1. The van der Waals surface area contributed by atoms with Crippen LogP contribution in [0.4, 0.5) is 16.2 Å². The number of nitrogens with one attached hydrogen (secondary N) is 3. The Hall–Kier alpha value is -3.35. The molecule has 0 aliphatic heterocycles. The van der Waals surface area contributed by atoms with E-state index in [0.717, 1.165) is 6.54 Å². The van der Waals surface area contributed by atoms with E-state index in [9.17, 15) is 9.59 Å². The summed E-state index contributed by atoms with van der Waals surface area (Å²) in [4.78, 5) is 28.1. The highest BCUT2D eigenvalue weighted by molar-refractivity contribution is 6.30. The van der Waals surface area contributed by atoms with Gasteiger partial charge >= 0.3 is 6.03 Å². The van der Waals surface area contributed by atoms with Crippen LogP contribution in [0.2, 0.25) is 5.02 Å². The molecule has 0 spiro atoms. The van der Waals surface area contributed by atoms with Crippen LogP contribution in [0, 0.1) is 0 Å². The van der Waals surface area contributed by atoms with Crippen LogP contribution in [-0.4, -0.2) is 37.5 Å². The van der Waals surface area contributed by atoms with Gasteiger partial charge < -0.3 is 20.9 Å². The van der Waals surface area contributed by atoms with Crippen molar-refractivity contribution in [2.45, 2.75) is 24.3 Å². The summed E-state index contributed by atoms with van der Waals surface area (Å²) in [5.41, 5.74) is 3.47. The molecule has 0 saturated heterocycles. The van der Waals surface area contributed by atoms with Crippen molar-refractivity contribution in [2.75, 3.05) is 31.3 Å². The van der Waals surface area contributed by atoms with Gasteiger partial charge in [-0.15, -0.1) is 0 Å².